The van der Waals surface area contributed by atoms with Crippen LogP contribution in [-0.4, -0.2) is 28.4 Å². The molecule has 0 bridgehead atoms. The van der Waals surface area contributed by atoms with Crippen molar-refractivity contribution in [2.45, 2.75) is 19.8 Å². The standard InChI is InChI=1S/C13H17N3O2/c1-2-14-7-6-12-15-16-13(18-12)9-10-4-3-5-11(17)8-10/h3-5,8,14,17H,2,6-7,9H2,1H3. The van der Waals surface area contributed by atoms with Gasteiger partial charge in [0.05, 0.1) is 6.42 Å². The molecule has 0 aliphatic heterocycles. The summed E-state index contributed by atoms with van der Waals surface area (Å²) in [7, 11) is 0. The molecule has 0 fully saturated rings. The van der Waals surface area contributed by atoms with Gasteiger partial charge in [-0.15, -0.1) is 10.2 Å². The van der Waals surface area contributed by atoms with Crippen LogP contribution in [0.3, 0.4) is 0 Å². The summed E-state index contributed by atoms with van der Waals surface area (Å²) in [5.41, 5.74) is 0.955. The molecule has 5 heteroatoms. The van der Waals surface area contributed by atoms with Crippen molar-refractivity contribution in [1.29, 1.82) is 0 Å². The van der Waals surface area contributed by atoms with Gasteiger partial charge in [-0.05, 0) is 24.2 Å². The van der Waals surface area contributed by atoms with Gasteiger partial charge in [0.2, 0.25) is 11.8 Å². The second-order valence-electron chi connectivity index (χ2n) is 4.04. The summed E-state index contributed by atoms with van der Waals surface area (Å²) in [5.74, 6) is 1.47. The molecule has 5 nitrogen and oxygen atoms in total. The zero-order chi connectivity index (χ0) is 12.8. The van der Waals surface area contributed by atoms with E-state index in [0.717, 1.165) is 25.1 Å². The third-order valence-electron chi connectivity index (χ3n) is 2.54. The molecular weight excluding hydrogens is 230 g/mol. The fourth-order valence-electron chi connectivity index (χ4n) is 1.67. The minimum absolute atomic E-state index is 0.249. The van der Waals surface area contributed by atoms with Crippen molar-refractivity contribution in [2.24, 2.45) is 0 Å². The van der Waals surface area contributed by atoms with Crippen molar-refractivity contribution >= 4 is 0 Å². The van der Waals surface area contributed by atoms with Crippen LogP contribution in [0.15, 0.2) is 28.7 Å². The first-order chi connectivity index (χ1) is 8.78. The van der Waals surface area contributed by atoms with Gasteiger partial charge < -0.3 is 14.8 Å². The van der Waals surface area contributed by atoms with Gasteiger partial charge in [-0.2, -0.15) is 0 Å². The van der Waals surface area contributed by atoms with E-state index < -0.39 is 0 Å². The van der Waals surface area contributed by atoms with Crippen LogP contribution in [0.5, 0.6) is 5.75 Å². The predicted molar refractivity (Wildman–Crippen MR) is 67.5 cm³/mol. The van der Waals surface area contributed by atoms with E-state index in [1.54, 1.807) is 18.2 Å². The molecule has 1 aromatic carbocycles. The van der Waals surface area contributed by atoms with Crippen LogP contribution in [0.1, 0.15) is 24.3 Å². The lowest BCUT2D eigenvalue weighted by molar-refractivity contribution is 0.451. The number of aromatic nitrogens is 2. The van der Waals surface area contributed by atoms with Crippen molar-refractivity contribution in [3.63, 3.8) is 0 Å². The summed E-state index contributed by atoms with van der Waals surface area (Å²) in [6.07, 6.45) is 1.28. The maximum atomic E-state index is 9.36. The second kappa shape index (κ2) is 6.16. The Kier molecular flexibility index (Phi) is 4.30. The van der Waals surface area contributed by atoms with Gasteiger partial charge in [-0.25, -0.2) is 0 Å². The minimum atomic E-state index is 0.249. The topological polar surface area (TPSA) is 71.2 Å². The van der Waals surface area contributed by atoms with Crippen LogP contribution >= 0.6 is 0 Å². The number of likely N-dealkylation sites (N-methyl/N-ethyl adjacent to an activating group) is 1. The van der Waals surface area contributed by atoms with E-state index in [4.69, 9.17) is 4.42 Å². The fourth-order valence-corrected chi connectivity index (χ4v) is 1.67. The first-order valence-electron chi connectivity index (χ1n) is 6.08. The summed E-state index contributed by atoms with van der Waals surface area (Å²) in [5, 5.41) is 20.5. The summed E-state index contributed by atoms with van der Waals surface area (Å²) >= 11 is 0. The number of phenolic OH excluding ortho intramolecular Hbond substituents is 1. The third kappa shape index (κ3) is 3.56. The molecule has 2 aromatic rings. The van der Waals surface area contributed by atoms with E-state index in [1.165, 1.54) is 0 Å². The van der Waals surface area contributed by atoms with Crippen LogP contribution in [0.25, 0.3) is 0 Å². The van der Waals surface area contributed by atoms with E-state index in [1.807, 2.05) is 6.07 Å². The molecule has 0 radical (unpaired) electrons. The molecule has 18 heavy (non-hydrogen) atoms. The number of benzene rings is 1. The monoisotopic (exact) mass is 247 g/mol. The van der Waals surface area contributed by atoms with Gasteiger partial charge in [0, 0.05) is 13.0 Å². The zero-order valence-corrected chi connectivity index (χ0v) is 10.4. The van der Waals surface area contributed by atoms with Gasteiger partial charge >= 0.3 is 0 Å². The Balaban J connectivity index is 1.94. The normalized spacial score (nSPS) is 10.7. The maximum Gasteiger partial charge on any atom is 0.220 e. The van der Waals surface area contributed by atoms with Gasteiger partial charge in [-0.1, -0.05) is 19.1 Å². The fraction of sp³-hybridized carbons (Fsp3) is 0.385. The predicted octanol–water partition coefficient (Wildman–Crippen LogP) is 1.52. The number of nitrogens with one attached hydrogen (secondary N) is 1. The number of hydrogen-bond donors (Lipinski definition) is 2. The van der Waals surface area contributed by atoms with Crippen molar-refractivity contribution in [1.82, 2.24) is 15.5 Å². The maximum absolute atomic E-state index is 9.36. The SMILES string of the molecule is CCNCCc1nnc(Cc2cccc(O)c2)o1. The highest BCUT2D eigenvalue weighted by atomic mass is 16.4. The molecule has 0 spiro atoms. The van der Waals surface area contributed by atoms with Crippen LogP contribution < -0.4 is 5.32 Å². The molecular formula is C13H17N3O2. The van der Waals surface area contributed by atoms with E-state index in [-0.39, 0.29) is 5.75 Å². The van der Waals surface area contributed by atoms with Gasteiger partial charge in [0.1, 0.15) is 5.75 Å². The van der Waals surface area contributed by atoms with Gasteiger partial charge in [0.15, 0.2) is 0 Å². The van der Waals surface area contributed by atoms with Crippen molar-refractivity contribution in [3.8, 4) is 5.75 Å². The molecule has 0 saturated heterocycles. The Labute approximate surface area is 106 Å². The molecule has 0 amide bonds. The summed E-state index contributed by atoms with van der Waals surface area (Å²) in [6.45, 7) is 3.83. The van der Waals surface area contributed by atoms with Crippen molar-refractivity contribution < 1.29 is 9.52 Å². The molecule has 96 valence electrons. The summed E-state index contributed by atoms with van der Waals surface area (Å²) in [4.78, 5) is 0. The zero-order valence-electron chi connectivity index (χ0n) is 10.4. The van der Waals surface area contributed by atoms with Crippen LogP contribution in [0.2, 0.25) is 0 Å². The smallest absolute Gasteiger partial charge is 0.220 e. The lowest BCUT2D eigenvalue weighted by atomic mass is 10.1. The Morgan fingerprint density at radius 3 is 2.89 bits per heavy atom. The highest BCUT2D eigenvalue weighted by molar-refractivity contribution is 5.28. The van der Waals surface area contributed by atoms with Crippen LogP contribution in [0, 0.1) is 0 Å². The van der Waals surface area contributed by atoms with Crippen molar-refractivity contribution in [2.75, 3.05) is 13.1 Å². The third-order valence-corrected chi connectivity index (χ3v) is 2.54. The molecule has 0 saturated carbocycles. The average Bonchev–Trinajstić information content (AvgIpc) is 2.77. The van der Waals surface area contributed by atoms with E-state index in [9.17, 15) is 5.11 Å². The lowest BCUT2D eigenvalue weighted by Crippen LogP contribution is -2.16. The quantitative estimate of drug-likeness (QED) is 0.757. The Hall–Kier alpha value is -1.88. The highest BCUT2D eigenvalue weighted by Crippen LogP contribution is 2.14. The molecule has 1 heterocycles. The molecule has 0 unspecified atom stereocenters. The van der Waals surface area contributed by atoms with Crippen LogP contribution in [0.4, 0.5) is 0 Å². The number of rotatable bonds is 6. The van der Waals surface area contributed by atoms with E-state index in [0.29, 0.717) is 18.2 Å². The first kappa shape index (κ1) is 12.6. The molecule has 2 rings (SSSR count). The van der Waals surface area contributed by atoms with Crippen molar-refractivity contribution in [3.05, 3.63) is 41.6 Å². The molecule has 0 aliphatic carbocycles. The summed E-state index contributed by atoms with van der Waals surface area (Å²) < 4.78 is 5.53. The van der Waals surface area contributed by atoms with Gasteiger partial charge in [0.25, 0.3) is 0 Å². The molecule has 1 aromatic heterocycles. The number of aromatic hydroxyl groups is 1. The van der Waals surface area contributed by atoms with Gasteiger partial charge in [-0.3, -0.25) is 0 Å². The Morgan fingerprint density at radius 2 is 2.11 bits per heavy atom. The van der Waals surface area contributed by atoms with E-state index >= 15 is 0 Å². The minimum Gasteiger partial charge on any atom is -0.508 e. The van der Waals surface area contributed by atoms with E-state index in [2.05, 4.69) is 22.4 Å². The first-order valence-corrected chi connectivity index (χ1v) is 6.08. The molecule has 0 atom stereocenters. The average molecular weight is 247 g/mol. The largest absolute Gasteiger partial charge is 0.508 e. The Morgan fingerprint density at radius 1 is 1.28 bits per heavy atom. The highest BCUT2D eigenvalue weighted by Gasteiger charge is 2.06. The number of phenols is 1. The molecule has 2 N–H and O–H groups in total. The van der Waals surface area contributed by atoms with Crippen LogP contribution in [-0.2, 0) is 12.8 Å². The lowest BCUT2D eigenvalue weighted by Gasteiger charge is -1.98. The number of nitrogens with zero attached hydrogens (tertiary/aromatic N) is 2. The Bertz CT molecular complexity index is 496. The number of hydrogen-bond acceptors (Lipinski definition) is 5. The molecule has 0 aliphatic rings. The second-order valence-corrected chi connectivity index (χ2v) is 4.04. The summed E-state index contributed by atoms with van der Waals surface area (Å²) in [6, 6.07) is 7.05.